The van der Waals surface area contributed by atoms with Gasteiger partial charge in [-0.3, -0.25) is 0 Å². The maximum atomic E-state index is 11.5. The summed E-state index contributed by atoms with van der Waals surface area (Å²) in [5.74, 6) is 0. The first-order valence-corrected chi connectivity index (χ1v) is 8.50. The van der Waals surface area contributed by atoms with Crippen LogP contribution in [0, 0.1) is 0 Å². The van der Waals surface area contributed by atoms with Gasteiger partial charge in [-0.05, 0) is 12.0 Å². The minimum Gasteiger partial charge on any atom is -0.445 e. The van der Waals surface area contributed by atoms with Crippen molar-refractivity contribution < 1.29 is 23.7 Å². The summed E-state index contributed by atoms with van der Waals surface area (Å²) in [6.45, 7) is 6.25. The second kappa shape index (κ2) is 14.9. The van der Waals surface area contributed by atoms with Gasteiger partial charge in [0, 0.05) is 13.2 Å². The van der Waals surface area contributed by atoms with Gasteiger partial charge in [0.1, 0.15) is 6.61 Å². The number of carbonyl (C=O) groups is 1. The fourth-order valence-electron chi connectivity index (χ4n) is 1.79. The van der Waals surface area contributed by atoms with E-state index in [0.29, 0.717) is 39.6 Å². The van der Waals surface area contributed by atoms with E-state index in [-0.39, 0.29) is 6.61 Å². The molecule has 0 unspecified atom stereocenters. The Bertz CT molecular complexity index is 413. The van der Waals surface area contributed by atoms with E-state index < -0.39 is 6.09 Å². The van der Waals surface area contributed by atoms with Crippen molar-refractivity contribution in [3.8, 4) is 0 Å². The second-order valence-corrected chi connectivity index (χ2v) is 5.18. The Morgan fingerprint density at radius 2 is 1.54 bits per heavy atom. The van der Waals surface area contributed by atoms with E-state index in [1.165, 1.54) is 0 Å². The third kappa shape index (κ3) is 11.9. The Labute approximate surface area is 144 Å². The Hall–Kier alpha value is -1.63. The lowest BCUT2D eigenvalue weighted by molar-refractivity contribution is 0.0145. The molecular weight excluding hydrogens is 310 g/mol. The highest BCUT2D eigenvalue weighted by Crippen LogP contribution is 2.00. The fourth-order valence-corrected chi connectivity index (χ4v) is 1.79. The molecule has 1 aromatic rings. The molecule has 0 saturated carbocycles. The van der Waals surface area contributed by atoms with Crippen LogP contribution >= 0.6 is 0 Å². The predicted octanol–water partition coefficient (Wildman–Crippen LogP) is 2.76. The number of alkyl carbamates (subject to hydrolysis) is 1. The van der Waals surface area contributed by atoms with Crippen molar-refractivity contribution in [2.75, 3.05) is 46.2 Å². The fraction of sp³-hybridized carbons (Fsp3) is 0.611. The van der Waals surface area contributed by atoms with Gasteiger partial charge in [0.05, 0.1) is 33.0 Å². The number of hydrogen-bond acceptors (Lipinski definition) is 5. The topological polar surface area (TPSA) is 66.0 Å². The van der Waals surface area contributed by atoms with Gasteiger partial charge in [-0.2, -0.15) is 0 Å². The monoisotopic (exact) mass is 339 g/mol. The lowest BCUT2D eigenvalue weighted by Gasteiger charge is -2.08. The first kappa shape index (κ1) is 20.4. The molecule has 1 N–H and O–H groups in total. The van der Waals surface area contributed by atoms with Crippen LogP contribution < -0.4 is 5.32 Å². The number of benzene rings is 1. The summed E-state index contributed by atoms with van der Waals surface area (Å²) in [5.41, 5.74) is 0.958. The maximum Gasteiger partial charge on any atom is 0.407 e. The van der Waals surface area contributed by atoms with Gasteiger partial charge in [-0.1, -0.05) is 43.7 Å². The van der Waals surface area contributed by atoms with Crippen molar-refractivity contribution >= 4 is 6.09 Å². The van der Waals surface area contributed by atoms with Gasteiger partial charge >= 0.3 is 6.09 Å². The van der Waals surface area contributed by atoms with Crippen LogP contribution in [-0.2, 0) is 25.6 Å². The average Bonchev–Trinajstić information content (AvgIpc) is 2.62. The van der Waals surface area contributed by atoms with Crippen molar-refractivity contribution in [3.05, 3.63) is 35.9 Å². The number of carbonyl (C=O) groups excluding carboxylic acids is 1. The van der Waals surface area contributed by atoms with Gasteiger partial charge in [0.15, 0.2) is 0 Å². The van der Waals surface area contributed by atoms with Crippen LogP contribution in [0.5, 0.6) is 0 Å². The molecule has 1 amide bonds. The van der Waals surface area contributed by atoms with E-state index in [1.54, 1.807) is 0 Å². The maximum absolute atomic E-state index is 11.5. The lowest BCUT2D eigenvalue weighted by Crippen LogP contribution is -2.28. The number of rotatable bonds is 14. The van der Waals surface area contributed by atoms with Crippen LogP contribution in [0.2, 0.25) is 0 Å². The first-order chi connectivity index (χ1) is 11.8. The van der Waals surface area contributed by atoms with E-state index in [9.17, 15) is 4.79 Å². The molecule has 0 fully saturated rings. The highest BCUT2D eigenvalue weighted by molar-refractivity contribution is 5.67. The summed E-state index contributed by atoms with van der Waals surface area (Å²) < 4.78 is 21.2. The van der Waals surface area contributed by atoms with Gasteiger partial charge in [0.2, 0.25) is 0 Å². The van der Waals surface area contributed by atoms with Crippen LogP contribution in [0.15, 0.2) is 30.3 Å². The molecule has 24 heavy (non-hydrogen) atoms. The summed E-state index contributed by atoms with van der Waals surface area (Å²) in [6, 6.07) is 9.55. The molecule has 6 heteroatoms. The van der Waals surface area contributed by atoms with Crippen molar-refractivity contribution in [1.29, 1.82) is 0 Å². The molecule has 0 bridgehead atoms. The zero-order valence-electron chi connectivity index (χ0n) is 14.5. The molecule has 136 valence electrons. The first-order valence-electron chi connectivity index (χ1n) is 8.50. The predicted molar refractivity (Wildman–Crippen MR) is 92.0 cm³/mol. The Balaban J connectivity index is 1.82. The third-order valence-electron chi connectivity index (χ3n) is 3.11. The molecule has 6 nitrogen and oxygen atoms in total. The largest absolute Gasteiger partial charge is 0.445 e. The van der Waals surface area contributed by atoms with Crippen molar-refractivity contribution in [3.63, 3.8) is 0 Å². The highest BCUT2D eigenvalue weighted by atomic mass is 16.6. The van der Waals surface area contributed by atoms with Crippen LogP contribution in [0.3, 0.4) is 0 Å². The number of amides is 1. The van der Waals surface area contributed by atoms with Gasteiger partial charge < -0.3 is 24.3 Å². The number of nitrogens with one attached hydrogen (secondary N) is 1. The molecule has 1 rings (SSSR count). The molecule has 0 heterocycles. The van der Waals surface area contributed by atoms with E-state index in [0.717, 1.165) is 25.0 Å². The molecule has 0 aromatic heterocycles. The number of unbranched alkanes of at least 4 members (excludes halogenated alkanes) is 1. The Morgan fingerprint density at radius 1 is 0.917 bits per heavy atom. The normalized spacial score (nSPS) is 10.5. The summed E-state index contributed by atoms with van der Waals surface area (Å²) >= 11 is 0. The Kier molecular flexibility index (Phi) is 12.7. The minimum absolute atomic E-state index is 0.266. The molecule has 0 saturated heterocycles. The third-order valence-corrected chi connectivity index (χ3v) is 3.11. The van der Waals surface area contributed by atoms with Crippen LogP contribution in [0.1, 0.15) is 25.3 Å². The Morgan fingerprint density at radius 3 is 2.21 bits per heavy atom. The SMILES string of the molecule is CCCCOCCOCCOCCNC(=O)OCc1ccccc1. The van der Waals surface area contributed by atoms with Crippen molar-refractivity contribution in [2.24, 2.45) is 0 Å². The summed E-state index contributed by atoms with van der Waals surface area (Å²) in [6.07, 6.45) is 1.79. The lowest BCUT2D eigenvalue weighted by atomic mass is 10.2. The number of ether oxygens (including phenoxy) is 4. The standard InChI is InChI=1S/C18H29NO5/c1-2-3-10-21-12-14-23-15-13-22-11-9-19-18(20)24-16-17-7-5-4-6-8-17/h4-8H,2-3,9-16H2,1H3,(H,19,20). The second-order valence-electron chi connectivity index (χ2n) is 5.18. The van der Waals surface area contributed by atoms with E-state index in [4.69, 9.17) is 18.9 Å². The average molecular weight is 339 g/mol. The quantitative estimate of drug-likeness (QED) is 0.528. The molecule has 0 spiro atoms. The molecule has 0 aliphatic carbocycles. The summed E-state index contributed by atoms with van der Waals surface area (Å²) in [4.78, 5) is 11.5. The molecular formula is C18H29NO5. The summed E-state index contributed by atoms with van der Waals surface area (Å²) in [7, 11) is 0. The van der Waals surface area contributed by atoms with Gasteiger partial charge in [-0.15, -0.1) is 0 Å². The highest BCUT2D eigenvalue weighted by Gasteiger charge is 2.01. The molecule has 0 radical (unpaired) electrons. The van der Waals surface area contributed by atoms with E-state index >= 15 is 0 Å². The van der Waals surface area contributed by atoms with Crippen molar-refractivity contribution in [1.82, 2.24) is 5.32 Å². The van der Waals surface area contributed by atoms with Crippen molar-refractivity contribution in [2.45, 2.75) is 26.4 Å². The van der Waals surface area contributed by atoms with Crippen LogP contribution in [0.25, 0.3) is 0 Å². The van der Waals surface area contributed by atoms with E-state index in [1.807, 2.05) is 30.3 Å². The molecule has 0 aliphatic heterocycles. The zero-order valence-corrected chi connectivity index (χ0v) is 14.5. The summed E-state index contributed by atoms with van der Waals surface area (Å²) in [5, 5.41) is 2.64. The molecule has 0 aliphatic rings. The molecule has 0 atom stereocenters. The zero-order chi connectivity index (χ0) is 17.3. The van der Waals surface area contributed by atoms with Gasteiger partial charge in [0.25, 0.3) is 0 Å². The number of hydrogen-bond donors (Lipinski definition) is 1. The minimum atomic E-state index is -0.442. The van der Waals surface area contributed by atoms with Crippen LogP contribution in [0.4, 0.5) is 4.79 Å². The van der Waals surface area contributed by atoms with Crippen LogP contribution in [-0.4, -0.2) is 52.3 Å². The van der Waals surface area contributed by atoms with E-state index in [2.05, 4.69) is 12.2 Å². The smallest absolute Gasteiger partial charge is 0.407 e. The van der Waals surface area contributed by atoms with Gasteiger partial charge in [-0.25, -0.2) is 4.79 Å². The molecule has 1 aromatic carbocycles.